The molecule has 8 nitrogen and oxygen atoms in total. The van der Waals surface area contributed by atoms with Gasteiger partial charge in [0.25, 0.3) is 5.91 Å². The second-order valence-electron chi connectivity index (χ2n) is 6.09. The summed E-state index contributed by atoms with van der Waals surface area (Å²) in [4.78, 5) is 24.2. The molecule has 146 valence electrons. The number of methoxy groups -OCH3 is 1. The van der Waals surface area contributed by atoms with Crippen molar-refractivity contribution < 1.29 is 28.3 Å². The highest BCUT2D eigenvalue weighted by Crippen LogP contribution is 2.22. The summed E-state index contributed by atoms with van der Waals surface area (Å²) in [6.07, 6.45) is 0. The molecule has 8 heteroatoms. The zero-order chi connectivity index (χ0) is 19.8. The maximum atomic E-state index is 12.3. The van der Waals surface area contributed by atoms with Crippen molar-refractivity contribution in [3.8, 4) is 5.75 Å². The molecule has 2 rings (SSSR count). The van der Waals surface area contributed by atoms with E-state index in [1.807, 2.05) is 6.92 Å². The van der Waals surface area contributed by atoms with Crippen LogP contribution >= 0.6 is 0 Å². The first-order valence-electron chi connectivity index (χ1n) is 8.51. The van der Waals surface area contributed by atoms with Gasteiger partial charge in [-0.1, -0.05) is 17.3 Å². The Balaban J connectivity index is 1.96. The Labute approximate surface area is 157 Å². The lowest BCUT2D eigenvalue weighted by Gasteiger charge is -2.13. The zero-order valence-corrected chi connectivity index (χ0v) is 15.9. The molecule has 1 unspecified atom stereocenters. The number of carbonyl (C=O) groups excluding carboxylic acids is 2. The van der Waals surface area contributed by atoms with Crippen LogP contribution in [-0.2, 0) is 20.9 Å². The zero-order valence-electron chi connectivity index (χ0n) is 15.9. The molecule has 0 spiro atoms. The number of esters is 1. The van der Waals surface area contributed by atoms with E-state index in [1.165, 1.54) is 0 Å². The normalized spacial score (nSPS) is 11.7. The largest absolute Gasteiger partial charge is 0.488 e. The molecular weight excluding hydrogens is 352 g/mol. The van der Waals surface area contributed by atoms with E-state index in [0.717, 1.165) is 11.3 Å². The Morgan fingerprint density at radius 2 is 2.00 bits per heavy atom. The van der Waals surface area contributed by atoms with Crippen molar-refractivity contribution in [2.75, 3.05) is 20.3 Å². The Morgan fingerprint density at radius 3 is 2.67 bits per heavy atom. The van der Waals surface area contributed by atoms with Crippen molar-refractivity contribution in [1.29, 1.82) is 0 Å². The minimum absolute atomic E-state index is 0.174. The molecule has 1 atom stereocenters. The summed E-state index contributed by atoms with van der Waals surface area (Å²) >= 11 is 0. The minimum Gasteiger partial charge on any atom is -0.488 e. The van der Waals surface area contributed by atoms with Crippen molar-refractivity contribution in [3.63, 3.8) is 0 Å². The van der Waals surface area contributed by atoms with E-state index in [2.05, 4.69) is 10.5 Å². The number of nitrogens with one attached hydrogen (secondary N) is 1. The lowest BCUT2D eigenvalue weighted by atomic mass is 10.2. The van der Waals surface area contributed by atoms with Gasteiger partial charge in [-0.2, -0.15) is 0 Å². The molecule has 0 aliphatic heterocycles. The average Bonchev–Trinajstić information content (AvgIpc) is 2.96. The summed E-state index contributed by atoms with van der Waals surface area (Å²) in [7, 11) is 1.54. The molecule has 0 fully saturated rings. The Morgan fingerprint density at radius 1 is 1.26 bits per heavy atom. The van der Waals surface area contributed by atoms with Crippen molar-refractivity contribution >= 4 is 11.9 Å². The number of aryl methyl sites for hydroxylation is 2. The summed E-state index contributed by atoms with van der Waals surface area (Å²) in [5.74, 6) is -0.0222. The quantitative estimate of drug-likeness (QED) is 0.670. The number of para-hydroxylation sites is 1. The third kappa shape index (κ3) is 5.82. The molecule has 0 bridgehead atoms. The van der Waals surface area contributed by atoms with Crippen molar-refractivity contribution in [3.05, 3.63) is 46.8 Å². The first-order chi connectivity index (χ1) is 12.9. The average molecular weight is 376 g/mol. The topological polar surface area (TPSA) is 99.9 Å². The molecule has 0 aliphatic carbocycles. The highest BCUT2D eigenvalue weighted by atomic mass is 16.5. The summed E-state index contributed by atoms with van der Waals surface area (Å²) in [5.41, 5.74) is 1.79. The lowest BCUT2D eigenvalue weighted by Crippen LogP contribution is -2.38. The molecule has 1 N–H and O–H groups in total. The van der Waals surface area contributed by atoms with E-state index >= 15 is 0 Å². The SMILES string of the molecule is COCC(C)NC(=O)COC(=O)c1ccccc1OCc1c(C)noc1C. The number of aromatic nitrogens is 1. The number of hydrogen-bond donors (Lipinski definition) is 1. The van der Waals surface area contributed by atoms with Crippen LogP contribution in [0.5, 0.6) is 5.75 Å². The summed E-state index contributed by atoms with van der Waals surface area (Å²) in [6, 6.07) is 6.51. The molecule has 0 saturated carbocycles. The van der Waals surface area contributed by atoms with E-state index in [1.54, 1.807) is 45.2 Å². The molecule has 1 aromatic heterocycles. The van der Waals surface area contributed by atoms with Crippen LogP contribution in [0.4, 0.5) is 0 Å². The molecule has 1 heterocycles. The number of amides is 1. The summed E-state index contributed by atoms with van der Waals surface area (Å²) < 4.78 is 20.9. The predicted octanol–water partition coefficient (Wildman–Crippen LogP) is 2.18. The molecule has 1 amide bonds. The standard InChI is InChI=1S/C19H24N2O6/c1-12(9-24-4)20-18(22)11-26-19(23)15-7-5-6-8-17(15)25-10-16-13(2)21-27-14(16)3/h5-8,12H,9-11H2,1-4H3,(H,20,22). The van der Waals surface area contributed by atoms with E-state index in [4.69, 9.17) is 18.7 Å². The number of benzene rings is 1. The third-order valence-electron chi connectivity index (χ3n) is 3.82. The van der Waals surface area contributed by atoms with Crippen molar-refractivity contribution in [2.24, 2.45) is 0 Å². The van der Waals surface area contributed by atoms with Crippen LogP contribution in [0.3, 0.4) is 0 Å². The van der Waals surface area contributed by atoms with E-state index < -0.39 is 11.9 Å². The van der Waals surface area contributed by atoms with Gasteiger partial charge < -0.3 is 24.1 Å². The van der Waals surface area contributed by atoms with Gasteiger partial charge in [-0.15, -0.1) is 0 Å². The van der Waals surface area contributed by atoms with E-state index in [0.29, 0.717) is 18.1 Å². The Hall–Kier alpha value is -2.87. The maximum absolute atomic E-state index is 12.3. The maximum Gasteiger partial charge on any atom is 0.342 e. The van der Waals surface area contributed by atoms with Gasteiger partial charge in [0.2, 0.25) is 0 Å². The van der Waals surface area contributed by atoms with E-state index in [9.17, 15) is 9.59 Å². The fraction of sp³-hybridized carbons (Fsp3) is 0.421. The highest BCUT2D eigenvalue weighted by Gasteiger charge is 2.17. The summed E-state index contributed by atoms with van der Waals surface area (Å²) in [5, 5.41) is 6.54. The molecular formula is C19H24N2O6. The van der Waals surface area contributed by atoms with Crippen LogP contribution in [0.1, 0.15) is 34.3 Å². The smallest absolute Gasteiger partial charge is 0.342 e. The fourth-order valence-corrected chi connectivity index (χ4v) is 2.44. The fourth-order valence-electron chi connectivity index (χ4n) is 2.44. The molecule has 0 radical (unpaired) electrons. The summed E-state index contributed by atoms with van der Waals surface area (Å²) in [6.45, 7) is 5.60. The number of hydrogen-bond acceptors (Lipinski definition) is 7. The minimum atomic E-state index is -0.640. The third-order valence-corrected chi connectivity index (χ3v) is 3.82. The van der Waals surface area contributed by atoms with Crippen LogP contribution in [0, 0.1) is 13.8 Å². The van der Waals surface area contributed by atoms with E-state index in [-0.39, 0.29) is 24.8 Å². The molecule has 0 saturated heterocycles. The van der Waals surface area contributed by atoms with Crippen molar-refractivity contribution in [2.45, 2.75) is 33.4 Å². The molecule has 2 aromatic rings. The van der Waals surface area contributed by atoms with Gasteiger partial charge in [-0.05, 0) is 32.9 Å². The van der Waals surface area contributed by atoms with Crippen LogP contribution in [0.25, 0.3) is 0 Å². The second-order valence-corrected chi connectivity index (χ2v) is 6.09. The van der Waals surface area contributed by atoms with Gasteiger partial charge in [0, 0.05) is 13.2 Å². The van der Waals surface area contributed by atoms with Crippen LogP contribution < -0.4 is 10.1 Å². The monoisotopic (exact) mass is 376 g/mol. The molecule has 0 aliphatic rings. The predicted molar refractivity (Wildman–Crippen MR) is 96.5 cm³/mol. The number of ether oxygens (including phenoxy) is 3. The second kappa shape index (κ2) is 9.72. The van der Waals surface area contributed by atoms with Gasteiger partial charge in [-0.25, -0.2) is 4.79 Å². The van der Waals surface area contributed by atoms with Gasteiger partial charge in [-0.3, -0.25) is 4.79 Å². The van der Waals surface area contributed by atoms with Gasteiger partial charge >= 0.3 is 5.97 Å². The van der Waals surface area contributed by atoms with Crippen molar-refractivity contribution in [1.82, 2.24) is 10.5 Å². The Bertz CT molecular complexity index is 767. The van der Waals surface area contributed by atoms with Gasteiger partial charge in [0.15, 0.2) is 6.61 Å². The number of nitrogens with zero attached hydrogens (tertiary/aromatic N) is 1. The first-order valence-corrected chi connectivity index (χ1v) is 8.51. The Kier molecular flexibility index (Phi) is 7.36. The van der Waals surface area contributed by atoms with Gasteiger partial charge in [0.05, 0.1) is 17.9 Å². The molecule has 27 heavy (non-hydrogen) atoms. The van der Waals surface area contributed by atoms with Gasteiger partial charge in [0.1, 0.15) is 23.7 Å². The molecule has 1 aromatic carbocycles. The van der Waals surface area contributed by atoms with Crippen LogP contribution in [0.15, 0.2) is 28.8 Å². The van der Waals surface area contributed by atoms with Crippen LogP contribution in [-0.4, -0.2) is 43.4 Å². The lowest BCUT2D eigenvalue weighted by molar-refractivity contribution is -0.125. The van der Waals surface area contributed by atoms with Crippen LogP contribution in [0.2, 0.25) is 0 Å². The number of rotatable bonds is 9. The number of carbonyl (C=O) groups is 2. The first kappa shape index (κ1) is 20.4. The highest BCUT2D eigenvalue weighted by molar-refractivity contribution is 5.94.